The standard InChI is InChI=1S/C19H26N2O4/c1-2-24-12-13-25-16-5-3-4-15(14-16)18(23)21-10-8-19(9-11-21)7-6-17(22)20-19/h3-5,14H,2,6-13H2,1H3,(H,20,22). The summed E-state index contributed by atoms with van der Waals surface area (Å²) < 4.78 is 10.9. The molecule has 25 heavy (non-hydrogen) atoms. The van der Waals surface area contributed by atoms with E-state index in [9.17, 15) is 9.59 Å². The molecular weight excluding hydrogens is 320 g/mol. The van der Waals surface area contributed by atoms with Crippen molar-refractivity contribution >= 4 is 11.8 Å². The van der Waals surface area contributed by atoms with E-state index in [1.807, 2.05) is 30.0 Å². The van der Waals surface area contributed by atoms with Gasteiger partial charge in [0.05, 0.1) is 6.61 Å². The molecule has 0 atom stereocenters. The molecule has 0 unspecified atom stereocenters. The molecular formula is C19H26N2O4. The van der Waals surface area contributed by atoms with Gasteiger partial charge in [-0.25, -0.2) is 0 Å². The van der Waals surface area contributed by atoms with Gasteiger partial charge in [-0.05, 0) is 44.4 Å². The van der Waals surface area contributed by atoms with Crippen molar-refractivity contribution in [3.05, 3.63) is 29.8 Å². The van der Waals surface area contributed by atoms with Crippen LogP contribution >= 0.6 is 0 Å². The fraction of sp³-hybridized carbons (Fsp3) is 0.579. The van der Waals surface area contributed by atoms with Crippen molar-refractivity contribution in [3.63, 3.8) is 0 Å². The topological polar surface area (TPSA) is 67.9 Å². The lowest BCUT2D eigenvalue weighted by Gasteiger charge is -2.39. The van der Waals surface area contributed by atoms with Gasteiger partial charge in [0, 0.05) is 37.2 Å². The molecule has 2 fully saturated rings. The van der Waals surface area contributed by atoms with Crippen LogP contribution in [-0.2, 0) is 9.53 Å². The summed E-state index contributed by atoms with van der Waals surface area (Å²) in [7, 11) is 0. The van der Waals surface area contributed by atoms with Crippen LogP contribution in [0.25, 0.3) is 0 Å². The lowest BCUT2D eigenvalue weighted by Crippen LogP contribution is -2.52. The van der Waals surface area contributed by atoms with E-state index in [-0.39, 0.29) is 17.4 Å². The third kappa shape index (κ3) is 4.31. The van der Waals surface area contributed by atoms with Crippen LogP contribution < -0.4 is 10.1 Å². The van der Waals surface area contributed by atoms with Crippen LogP contribution in [0.3, 0.4) is 0 Å². The van der Waals surface area contributed by atoms with E-state index >= 15 is 0 Å². The maximum absolute atomic E-state index is 12.8. The minimum absolute atomic E-state index is 0.0226. The molecule has 2 aliphatic heterocycles. The highest BCUT2D eigenvalue weighted by Crippen LogP contribution is 2.32. The molecule has 2 amide bonds. The van der Waals surface area contributed by atoms with Gasteiger partial charge in [0.1, 0.15) is 12.4 Å². The number of nitrogens with zero attached hydrogens (tertiary/aromatic N) is 1. The first-order valence-corrected chi connectivity index (χ1v) is 9.03. The number of hydrogen-bond acceptors (Lipinski definition) is 4. The van der Waals surface area contributed by atoms with Crippen LogP contribution in [0.4, 0.5) is 0 Å². The summed E-state index contributed by atoms with van der Waals surface area (Å²) in [6.45, 7) is 4.97. The van der Waals surface area contributed by atoms with Crippen molar-refractivity contribution < 1.29 is 19.1 Å². The van der Waals surface area contributed by atoms with Gasteiger partial charge in [0.25, 0.3) is 5.91 Å². The molecule has 136 valence electrons. The minimum atomic E-state index is -0.0852. The number of carbonyl (C=O) groups is 2. The minimum Gasteiger partial charge on any atom is -0.491 e. The summed E-state index contributed by atoms with van der Waals surface area (Å²) in [6, 6.07) is 7.29. The predicted octanol–water partition coefficient (Wildman–Crippen LogP) is 1.99. The Labute approximate surface area is 148 Å². The van der Waals surface area contributed by atoms with Crippen LogP contribution in [0.15, 0.2) is 24.3 Å². The molecule has 1 spiro atoms. The maximum Gasteiger partial charge on any atom is 0.253 e. The van der Waals surface area contributed by atoms with Gasteiger partial charge < -0.3 is 19.7 Å². The van der Waals surface area contributed by atoms with E-state index in [2.05, 4.69) is 5.32 Å². The summed E-state index contributed by atoms with van der Waals surface area (Å²) in [5.41, 5.74) is 0.554. The number of rotatable bonds is 6. The van der Waals surface area contributed by atoms with E-state index in [0.29, 0.717) is 50.6 Å². The fourth-order valence-electron chi connectivity index (χ4n) is 3.55. The lowest BCUT2D eigenvalue weighted by molar-refractivity contribution is -0.120. The van der Waals surface area contributed by atoms with Gasteiger partial charge in [-0.3, -0.25) is 9.59 Å². The molecule has 1 aromatic rings. The summed E-state index contributed by atoms with van der Waals surface area (Å²) in [5, 5.41) is 3.10. The molecule has 0 radical (unpaired) electrons. The van der Waals surface area contributed by atoms with Crippen molar-refractivity contribution in [3.8, 4) is 5.75 Å². The van der Waals surface area contributed by atoms with E-state index in [0.717, 1.165) is 19.3 Å². The first kappa shape index (κ1) is 17.7. The van der Waals surface area contributed by atoms with Crippen LogP contribution in [-0.4, -0.2) is 55.2 Å². The second-order valence-electron chi connectivity index (χ2n) is 6.69. The van der Waals surface area contributed by atoms with E-state index in [4.69, 9.17) is 9.47 Å². The van der Waals surface area contributed by atoms with E-state index in [1.165, 1.54) is 0 Å². The average molecular weight is 346 g/mol. The number of piperidine rings is 1. The van der Waals surface area contributed by atoms with Crippen LogP contribution in [0.5, 0.6) is 5.75 Å². The van der Waals surface area contributed by atoms with Crippen molar-refractivity contribution in [1.29, 1.82) is 0 Å². The first-order valence-electron chi connectivity index (χ1n) is 9.03. The Hall–Kier alpha value is -2.08. The summed E-state index contributed by atoms with van der Waals surface area (Å²) in [6.07, 6.45) is 3.15. The van der Waals surface area contributed by atoms with Gasteiger partial charge in [-0.15, -0.1) is 0 Å². The molecule has 2 aliphatic rings. The Morgan fingerprint density at radius 1 is 1.24 bits per heavy atom. The zero-order valence-corrected chi connectivity index (χ0v) is 14.8. The Bertz CT molecular complexity index is 624. The van der Waals surface area contributed by atoms with Gasteiger partial charge in [-0.2, -0.15) is 0 Å². The van der Waals surface area contributed by atoms with Crippen molar-refractivity contribution in [2.24, 2.45) is 0 Å². The summed E-state index contributed by atoms with van der Waals surface area (Å²) >= 11 is 0. The largest absolute Gasteiger partial charge is 0.491 e. The van der Waals surface area contributed by atoms with Gasteiger partial charge in [0.2, 0.25) is 5.91 Å². The molecule has 0 aromatic heterocycles. The van der Waals surface area contributed by atoms with Crippen molar-refractivity contribution in [2.45, 2.75) is 38.1 Å². The molecule has 1 N–H and O–H groups in total. The molecule has 1 aromatic carbocycles. The number of likely N-dealkylation sites (tertiary alicyclic amines) is 1. The molecule has 0 aliphatic carbocycles. The number of benzene rings is 1. The smallest absolute Gasteiger partial charge is 0.253 e. The Kier molecular flexibility index (Phi) is 5.58. The molecule has 0 bridgehead atoms. The number of ether oxygens (including phenoxy) is 2. The predicted molar refractivity (Wildman–Crippen MR) is 93.7 cm³/mol. The quantitative estimate of drug-likeness (QED) is 0.800. The first-order chi connectivity index (χ1) is 12.1. The van der Waals surface area contributed by atoms with E-state index in [1.54, 1.807) is 6.07 Å². The summed E-state index contributed by atoms with van der Waals surface area (Å²) in [5.74, 6) is 0.841. The lowest BCUT2D eigenvalue weighted by atomic mass is 9.86. The highest BCUT2D eigenvalue weighted by Gasteiger charge is 2.41. The Morgan fingerprint density at radius 3 is 2.72 bits per heavy atom. The highest BCUT2D eigenvalue weighted by atomic mass is 16.5. The Morgan fingerprint density at radius 2 is 2.04 bits per heavy atom. The number of hydrogen-bond donors (Lipinski definition) is 1. The molecule has 6 nitrogen and oxygen atoms in total. The molecule has 2 saturated heterocycles. The maximum atomic E-state index is 12.8. The van der Waals surface area contributed by atoms with Gasteiger partial charge >= 0.3 is 0 Å². The second kappa shape index (κ2) is 7.87. The van der Waals surface area contributed by atoms with Crippen LogP contribution in [0.1, 0.15) is 43.0 Å². The van der Waals surface area contributed by atoms with Crippen molar-refractivity contribution in [1.82, 2.24) is 10.2 Å². The molecule has 3 rings (SSSR count). The van der Waals surface area contributed by atoms with Gasteiger partial charge in [0.15, 0.2) is 0 Å². The number of amides is 2. The normalized spacial score (nSPS) is 19.1. The molecule has 2 heterocycles. The molecule has 0 saturated carbocycles. The average Bonchev–Trinajstić information content (AvgIpc) is 2.99. The van der Waals surface area contributed by atoms with Gasteiger partial charge in [-0.1, -0.05) is 6.07 Å². The SMILES string of the molecule is CCOCCOc1cccc(C(=O)N2CCC3(CCC(=O)N3)CC2)c1. The zero-order valence-electron chi connectivity index (χ0n) is 14.8. The summed E-state index contributed by atoms with van der Waals surface area (Å²) in [4.78, 5) is 26.1. The van der Waals surface area contributed by atoms with Crippen molar-refractivity contribution in [2.75, 3.05) is 32.9 Å². The zero-order chi connectivity index (χ0) is 17.7. The van der Waals surface area contributed by atoms with E-state index < -0.39 is 0 Å². The Balaban J connectivity index is 1.55. The van der Waals surface area contributed by atoms with Crippen LogP contribution in [0, 0.1) is 0 Å². The van der Waals surface area contributed by atoms with Crippen LogP contribution in [0.2, 0.25) is 0 Å². The number of nitrogens with one attached hydrogen (secondary N) is 1. The third-order valence-corrected chi connectivity index (χ3v) is 5.02. The monoisotopic (exact) mass is 346 g/mol. The highest BCUT2D eigenvalue weighted by molar-refractivity contribution is 5.94. The fourth-order valence-corrected chi connectivity index (χ4v) is 3.55. The number of carbonyl (C=O) groups excluding carboxylic acids is 2. The molecule has 6 heteroatoms. The third-order valence-electron chi connectivity index (χ3n) is 5.02. The second-order valence-corrected chi connectivity index (χ2v) is 6.69.